The number of aryl methyl sites for hydroxylation is 1. The van der Waals surface area contributed by atoms with Gasteiger partial charge >= 0.3 is 0 Å². The van der Waals surface area contributed by atoms with E-state index in [1.165, 1.54) is 22.2 Å². The molecule has 3 aromatic carbocycles. The van der Waals surface area contributed by atoms with Crippen molar-refractivity contribution in [3.8, 4) is 5.75 Å². The van der Waals surface area contributed by atoms with Crippen molar-refractivity contribution in [2.45, 2.75) is 60.0 Å². The highest BCUT2D eigenvalue weighted by Crippen LogP contribution is 2.37. The second-order valence-electron chi connectivity index (χ2n) is 9.76. The van der Waals surface area contributed by atoms with Crippen LogP contribution in [0.15, 0.2) is 48.5 Å². The predicted octanol–water partition coefficient (Wildman–Crippen LogP) is 5.87. The average Bonchev–Trinajstić information content (AvgIpc) is 3.09. The minimum absolute atomic E-state index is 0.114. The lowest BCUT2D eigenvalue weighted by atomic mass is 9.83. The maximum absolute atomic E-state index is 14.2. The molecule has 0 amide bonds. The number of nitrogens with zero attached hydrogens (tertiary/aromatic N) is 2. The molecular weight excluding hydrogens is 479 g/mol. The van der Waals surface area contributed by atoms with Gasteiger partial charge in [0.1, 0.15) is 12.4 Å². The molecule has 0 saturated carbocycles. The number of hydrazine groups is 1. The number of hydrogen-bond acceptors (Lipinski definition) is 6. The van der Waals surface area contributed by atoms with Crippen molar-refractivity contribution in [2.24, 2.45) is 5.84 Å². The van der Waals surface area contributed by atoms with Crippen molar-refractivity contribution >= 4 is 17.2 Å². The minimum atomic E-state index is -0.318. The molecule has 1 heterocycles. The van der Waals surface area contributed by atoms with E-state index in [1.54, 1.807) is 20.0 Å². The van der Waals surface area contributed by atoms with Crippen LogP contribution in [0.2, 0.25) is 0 Å². The van der Waals surface area contributed by atoms with E-state index in [0.717, 1.165) is 27.9 Å². The third kappa shape index (κ3) is 6.52. The summed E-state index contributed by atoms with van der Waals surface area (Å²) in [7, 11) is 1.75. The van der Waals surface area contributed by atoms with Gasteiger partial charge in [-0.05, 0) is 60.7 Å². The highest BCUT2D eigenvalue weighted by Gasteiger charge is 2.23. The summed E-state index contributed by atoms with van der Waals surface area (Å²) in [4.78, 5) is 14.6. The standard InChI is InChI=1S/C29H35FN4O2.C2H6/c1-18-8-9-21(25(14-19(2)35)24-10-11-27(33(4)32)28(31)20(24)3)15-23(18)17-34-12-13-36-29-22(16-34)6-5-7-26(29)30;1-2/h5-11,15,25H,12-14,16-17,31-32H2,1-4H3;1-2H3/t25-;/m1./s1. The molecule has 1 atom stereocenters. The van der Waals surface area contributed by atoms with Gasteiger partial charge in [-0.15, -0.1) is 0 Å². The van der Waals surface area contributed by atoms with E-state index in [-0.39, 0.29) is 17.5 Å². The molecule has 0 radical (unpaired) electrons. The van der Waals surface area contributed by atoms with E-state index in [1.807, 2.05) is 39.0 Å². The number of benzene rings is 3. The number of anilines is 2. The molecular formula is C31H41FN4O2. The first-order chi connectivity index (χ1) is 18.2. The Kier molecular flexibility index (Phi) is 9.89. The summed E-state index contributed by atoms with van der Waals surface area (Å²) in [6, 6.07) is 15.4. The lowest BCUT2D eigenvalue weighted by Gasteiger charge is -2.25. The Labute approximate surface area is 226 Å². The van der Waals surface area contributed by atoms with Gasteiger partial charge in [0.2, 0.25) is 0 Å². The summed E-state index contributed by atoms with van der Waals surface area (Å²) in [5, 5.41) is 1.50. The average molecular weight is 521 g/mol. The maximum Gasteiger partial charge on any atom is 0.165 e. The molecule has 3 aromatic rings. The van der Waals surface area contributed by atoms with Crippen LogP contribution in [0.1, 0.15) is 66.5 Å². The number of rotatable bonds is 7. The highest BCUT2D eigenvalue weighted by atomic mass is 19.1. The first kappa shape index (κ1) is 29.1. The molecule has 6 nitrogen and oxygen atoms in total. The first-order valence-electron chi connectivity index (χ1n) is 13.2. The zero-order chi connectivity index (χ0) is 28.0. The van der Waals surface area contributed by atoms with Crippen molar-refractivity contribution in [1.82, 2.24) is 4.90 Å². The van der Waals surface area contributed by atoms with Crippen LogP contribution in [0.25, 0.3) is 0 Å². The summed E-state index contributed by atoms with van der Waals surface area (Å²) < 4.78 is 19.9. The number of carbonyl (C=O) groups excluding carboxylic acids is 1. The van der Waals surface area contributed by atoms with E-state index < -0.39 is 0 Å². The minimum Gasteiger partial charge on any atom is -0.489 e. The number of ketones is 1. The Morgan fingerprint density at radius 1 is 1.16 bits per heavy atom. The van der Waals surface area contributed by atoms with Crippen LogP contribution in [0.5, 0.6) is 5.75 Å². The second kappa shape index (κ2) is 12.9. The molecule has 38 heavy (non-hydrogen) atoms. The molecule has 0 fully saturated rings. The van der Waals surface area contributed by atoms with Gasteiger partial charge in [-0.2, -0.15) is 0 Å². The van der Waals surface area contributed by atoms with Gasteiger partial charge in [0.15, 0.2) is 11.6 Å². The summed E-state index contributed by atoms with van der Waals surface area (Å²) in [5.74, 6) is 5.97. The number of ether oxygens (including phenoxy) is 1. The fraction of sp³-hybridized carbons (Fsp3) is 0.387. The Morgan fingerprint density at radius 3 is 2.58 bits per heavy atom. The third-order valence-corrected chi connectivity index (χ3v) is 7.05. The van der Waals surface area contributed by atoms with E-state index in [9.17, 15) is 9.18 Å². The van der Waals surface area contributed by atoms with Crippen molar-refractivity contribution in [3.05, 3.63) is 87.7 Å². The largest absolute Gasteiger partial charge is 0.489 e. The summed E-state index contributed by atoms with van der Waals surface area (Å²) in [6.07, 6.45) is 0.380. The molecule has 0 bridgehead atoms. The third-order valence-electron chi connectivity index (χ3n) is 7.05. The Morgan fingerprint density at radius 2 is 1.89 bits per heavy atom. The molecule has 0 aliphatic carbocycles. The van der Waals surface area contributed by atoms with Gasteiger partial charge in [-0.1, -0.05) is 50.2 Å². The number of halogens is 1. The van der Waals surface area contributed by atoms with E-state index in [4.69, 9.17) is 16.3 Å². The number of fused-ring (bicyclic) bond motifs is 1. The lowest BCUT2D eigenvalue weighted by molar-refractivity contribution is -0.117. The molecule has 0 saturated heterocycles. The van der Waals surface area contributed by atoms with E-state index in [0.29, 0.717) is 44.1 Å². The van der Waals surface area contributed by atoms with Gasteiger partial charge in [0.05, 0.1) is 11.4 Å². The Bertz CT molecular complexity index is 1270. The topological polar surface area (TPSA) is 84.8 Å². The number of nitrogens with two attached hydrogens (primary N) is 2. The quantitative estimate of drug-likeness (QED) is 0.230. The maximum atomic E-state index is 14.2. The summed E-state index contributed by atoms with van der Waals surface area (Å²) in [6.45, 7) is 12.1. The number of hydrogen-bond donors (Lipinski definition) is 2. The summed E-state index contributed by atoms with van der Waals surface area (Å²) in [5.41, 5.74) is 14.0. The van der Waals surface area contributed by atoms with Crippen LogP contribution in [-0.4, -0.2) is 30.9 Å². The van der Waals surface area contributed by atoms with Crippen molar-refractivity contribution in [1.29, 1.82) is 0 Å². The normalized spacial score (nSPS) is 13.9. The Balaban J connectivity index is 0.00000195. The fourth-order valence-corrected chi connectivity index (χ4v) is 5.00. The number of nitrogen functional groups attached to an aromatic ring is 1. The number of carbonyl (C=O) groups is 1. The van der Waals surface area contributed by atoms with Crippen LogP contribution >= 0.6 is 0 Å². The molecule has 7 heteroatoms. The van der Waals surface area contributed by atoms with E-state index >= 15 is 0 Å². The highest BCUT2D eigenvalue weighted by molar-refractivity contribution is 5.78. The molecule has 4 N–H and O–H groups in total. The van der Waals surface area contributed by atoms with Gasteiger partial charge in [-0.25, -0.2) is 10.2 Å². The van der Waals surface area contributed by atoms with Crippen LogP contribution in [-0.2, 0) is 17.9 Å². The lowest BCUT2D eigenvalue weighted by Crippen LogP contribution is -2.26. The zero-order valence-electron chi connectivity index (χ0n) is 23.5. The monoisotopic (exact) mass is 520 g/mol. The molecule has 204 valence electrons. The molecule has 1 aliphatic rings. The fourth-order valence-electron chi connectivity index (χ4n) is 5.00. The second-order valence-corrected chi connectivity index (χ2v) is 9.76. The molecule has 0 spiro atoms. The van der Waals surface area contributed by atoms with E-state index in [2.05, 4.69) is 30.0 Å². The van der Waals surface area contributed by atoms with Crippen molar-refractivity contribution in [3.63, 3.8) is 0 Å². The molecule has 4 rings (SSSR count). The van der Waals surface area contributed by atoms with Crippen LogP contribution in [0.4, 0.5) is 15.8 Å². The SMILES string of the molecule is CC.CC(=O)C[C@H](c1ccc(C)c(CN2CCOc3c(F)cccc3C2)c1)c1ccc(N(C)N)c(N)c1C. The van der Waals surface area contributed by atoms with Crippen LogP contribution in [0.3, 0.4) is 0 Å². The van der Waals surface area contributed by atoms with Gasteiger partial charge in [-0.3, -0.25) is 9.69 Å². The van der Waals surface area contributed by atoms with Gasteiger partial charge in [0.25, 0.3) is 0 Å². The van der Waals surface area contributed by atoms with Gasteiger partial charge in [0, 0.05) is 44.6 Å². The zero-order valence-corrected chi connectivity index (χ0v) is 23.5. The first-order valence-corrected chi connectivity index (χ1v) is 13.2. The molecule has 1 aliphatic heterocycles. The molecule has 0 unspecified atom stereocenters. The Hall–Kier alpha value is -3.42. The summed E-state index contributed by atoms with van der Waals surface area (Å²) >= 11 is 0. The van der Waals surface area contributed by atoms with Crippen molar-refractivity contribution < 1.29 is 13.9 Å². The van der Waals surface area contributed by atoms with Crippen LogP contribution < -0.4 is 21.3 Å². The van der Waals surface area contributed by atoms with Gasteiger partial charge < -0.3 is 15.5 Å². The van der Waals surface area contributed by atoms with Crippen molar-refractivity contribution in [2.75, 3.05) is 30.9 Å². The number of Topliss-reactive ketones (excluding diaryl/α,β-unsaturated/α-hetero) is 1. The smallest absolute Gasteiger partial charge is 0.165 e. The number of para-hydroxylation sites is 1. The van der Waals surface area contributed by atoms with Crippen LogP contribution in [0, 0.1) is 19.7 Å². The predicted molar refractivity (Wildman–Crippen MR) is 154 cm³/mol. The molecule has 0 aromatic heterocycles.